The van der Waals surface area contributed by atoms with Gasteiger partial charge in [0, 0.05) is 58.0 Å². The first-order chi connectivity index (χ1) is 50.5. The fraction of sp³-hybridized carbons (Fsp3) is 0.911. The molecule has 0 saturated heterocycles. The molecule has 622 valence electrons. The summed E-state index contributed by atoms with van der Waals surface area (Å²) < 4.78 is 22.0. The minimum absolute atomic E-state index is 0. The van der Waals surface area contributed by atoms with Crippen LogP contribution in [0.3, 0.4) is 0 Å². The summed E-state index contributed by atoms with van der Waals surface area (Å²) in [6, 6.07) is 0.117. The Morgan fingerprint density at radius 2 is 0.667 bits per heavy atom. The maximum atomic E-state index is 12.5. The Morgan fingerprint density at radius 3 is 0.971 bits per heavy atom. The maximum absolute atomic E-state index is 12.5. The zero-order chi connectivity index (χ0) is 76.7. The largest absolute Gasteiger partial charge is 0.481 e. The summed E-state index contributed by atoms with van der Waals surface area (Å²) in [5.41, 5.74) is 18.3. The predicted octanol–water partition coefficient (Wildman–Crippen LogP) is 23.1. The smallest absolute Gasteiger partial charge is 0.303 e. The Bertz CT molecular complexity index is 2040. The van der Waals surface area contributed by atoms with Gasteiger partial charge in [-0.25, -0.2) is 0 Å². The van der Waals surface area contributed by atoms with Gasteiger partial charge in [-0.05, 0) is 186 Å². The van der Waals surface area contributed by atoms with Gasteiger partial charge in [-0.2, -0.15) is 0 Å². The first kappa shape index (κ1) is 104. The minimum atomic E-state index is -0.667. The van der Waals surface area contributed by atoms with Gasteiger partial charge in [0.1, 0.15) is 0 Å². The van der Waals surface area contributed by atoms with Crippen molar-refractivity contribution in [3.05, 3.63) is 22.3 Å². The summed E-state index contributed by atoms with van der Waals surface area (Å²) >= 11 is 0. The Balaban J connectivity index is 0. The highest BCUT2D eigenvalue weighted by atomic mass is 16.5. The summed E-state index contributed by atoms with van der Waals surface area (Å²) in [5, 5.41) is 23.7. The summed E-state index contributed by atoms with van der Waals surface area (Å²) in [4.78, 5) is 45.8. The van der Waals surface area contributed by atoms with Gasteiger partial charge in [0.2, 0.25) is 11.8 Å². The van der Waals surface area contributed by atoms with Crippen LogP contribution in [-0.4, -0.2) is 117 Å². The van der Waals surface area contributed by atoms with Crippen molar-refractivity contribution in [1.82, 2.24) is 10.6 Å². The summed E-state index contributed by atoms with van der Waals surface area (Å²) in [6.45, 7) is 23.4. The lowest BCUT2D eigenvalue weighted by molar-refractivity contribution is -0.138. The Hall–Kier alpha value is -2.92. The molecule has 2 aliphatic rings. The van der Waals surface area contributed by atoms with Gasteiger partial charge in [0.05, 0.1) is 45.2 Å². The van der Waals surface area contributed by atoms with E-state index in [4.69, 9.17) is 40.6 Å². The zero-order valence-corrected chi connectivity index (χ0v) is 70.7. The number of rotatable bonds is 71. The molecule has 0 bridgehead atoms. The Kier molecular flexibility index (Phi) is 75.8. The maximum Gasteiger partial charge on any atom is 0.303 e. The number of carbonyl (C=O) groups is 4. The minimum Gasteiger partial charge on any atom is -0.481 e. The SMILES string of the molecule is CC(N)COCC(C)OCCN.CCCCCCCC1=C(CCCCCCCCC(=O)NC(C)COCC(C)OCCC)C(CCCCCCC(=O)NC)CCC1CCCCCCC.CCCCCCCC1=C(CCCCCCCCC(=O)O)C(CCCCCCC(=O)O)CCC1CCCCCCC.O. The molecule has 8 atom stereocenters. The number of hydrogen-bond acceptors (Lipinski definition) is 10. The van der Waals surface area contributed by atoms with Gasteiger partial charge in [-0.3, -0.25) is 19.2 Å². The van der Waals surface area contributed by atoms with Crippen LogP contribution < -0.4 is 22.1 Å². The number of carboxylic acid groups (broad SMARTS) is 2. The average molecular weight is 1490 g/mol. The molecular formula is C90H176N4O11. The molecule has 10 N–H and O–H groups in total. The van der Waals surface area contributed by atoms with Gasteiger partial charge < -0.3 is 56.7 Å². The third-order valence-electron chi connectivity index (χ3n) is 21.8. The predicted molar refractivity (Wildman–Crippen MR) is 445 cm³/mol. The molecule has 15 nitrogen and oxygen atoms in total. The number of hydrogen-bond donors (Lipinski definition) is 6. The highest BCUT2D eigenvalue weighted by Crippen LogP contribution is 2.46. The number of amides is 2. The Labute approximate surface area is 648 Å². The third kappa shape index (κ3) is 63.4. The molecule has 15 heteroatoms. The molecule has 0 spiro atoms. The number of aliphatic carboxylic acids is 2. The van der Waals surface area contributed by atoms with E-state index in [0.29, 0.717) is 65.3 Å². The molecule has 0 aromatic heterocycles. The van der Waals surface area contributed by atoms with Crippen LogP contribution in [0.4, 0.5) is 0 Å². The van der Waals surface area contributed by atoms with Crippen LogP contribution in [-0.2, 0) is 38.1 Å². The molecule has 0 aliphatic heterocycles. The first-order valence-corrected chi connectivity index (χ1v) is 44.7. The van der Waals surface area contributed by atoms with Gasteiger partial charge >= 0.3 is 11.9 Å². The van der Waals surface area contributed by atoms with Crippen LogP contribution in [0.2, 0.25) is 0 Å². The molecule has 2 rings (SSSR count). The molecule has 2 amide bonds. The summed E-state index contributed by atoms with van der Waals surface area (Å²) in [5.74, 6) is 2.17. The number of unbranched alkanes of at least 4 members (excludes halogenated alkanes) is 32. The van der Waals surface area contributed by atoms with Gasteiger partial charge in [-0.15, -0.1) is 0 Å². The van der Waals surface area contributed by atoms with Crippen molar-refractivity contribution in [1.29, 1.82) is 0 Å². The number of nitrogens with one attached hydrogen (secondary N) is 2. The molecule has 0 radical (unpaired) electrons. The zero-order valence-electron chi connectivity index (χ0n) is 70.7. The molecule has 0 aromatic rings. The molecule has 2 aliphatic carbocycles. The lowest BCUT2D eigenvalue weighted by Crippen LogP contribution is -2.36. The number of ether oxygens (including phenoxy) is 4. The van der Waals surface area contributed by atoms with E-state index in [-0.39, 0.29) is 41.6 Å². The van der Waals surface area contributed by atoms with Crippen LogP contribution in [0.5, 0.6) is 0 Å². The standard InChI is InChI=1S/C46H88N2O4.C36H66O4.C8H20N2O2.H2O/c1-7-10-12-16-22-28-41-34-35-42(29-23-20-21-26-32-45(49)47-6)44(43(41)30-24-17-13-11-8-2)31-25-18-14-15-19-27-33-46(50)48-39(4)37-51-38-40(5)52-36-9-3;1-3-5-7-11-17-23-31-29-30-32(24-18-15-16-22-28-36(39)40)34(33(31)25-19-12-8-6-4-2)26-20-13-9-10-14-21-27-35(37)38;1-7(10)5-11-6-8(2)12-4-3-9;/h39-42H,7-38H2,1-6H3,(H,47,49)(H,48,50);31-32H,3-30H2,1-2H3,(H,37,38)(H,39,40);7-8H,3-6,9-10H2,1-2H3;1H2. The van der Waals surface area contributed by atoms with E-state index < -0.39 is 11.9 Å². The number of carbonyl (C=O) groups excluding carboxylic acids is 2. The highest BCUT2D eigenvalue weighted by Gasteiger charge is 2.31. The Morgan fingerprint density at radius 1 is 0.381 bits per heavy atom. The molecule has 0 heterocycles. The molecule has 0 saturated carbocycles. The van der Waals surface area contributed by atoms with Crippen LogP contribution in [0.25, 0.3) is 0 Å². The van der Waals surface area contributed by atoms with E-state index in [1.807, 2.05) is 50.0 Å². The highest BCUT2D eigenvalue weighted by molar-refractivity contribution is 5.76. The van der Waals surface area contributed by atoms with Crippen molar-refractivity contribution < 1.29 is 53.8 Å². The van der Waals surface area contributed by atoms with Crippen molar-refractivity contribution in [3.8, 4) is 0 Å². The topological polar surface area (TPSA) is 253 Å². The average Bonchev–Trinajstić information content (AvgIpc) is 0.826. The monoisotopic (exact) mass is 1490 g/mol. The summed E-state index contributed by atoms with van der Waals surface area (Å²) in [6.07, 6.45) is 69.9. The van der Waals surface area contributed by atoms with Crippen LogP contribution in [0, 0.1) is 23.7 Å². The first-order valence-electron chi connectivity index (χ1n) is 44.7. The molecule has 0 fully saturated rings. The van der Waals surface area contributed by atoms with Crippen LogP contribution in [0.1, 0.15) is 428 Å². The fourth-order valence-corrected chi connectivity index (χ4v) is 15.8. The van der Waals surface area contributed by atoms with E-state index in [1.165, 1.54) is 283 Å². The molecule has 105 heavy (non-hydrogen) atoms. The van der Waals surface area contributed by atoms with Crippen molar-refractivity contribution in [3.63, 3.8) is 0 Å². The lowest BCUT2D eigenvalue weighted by Gasteiger charge is -2.35. The van der Waals surface area contributed by atoms with E-state index in [0.717, 1.165) is 88.1 Å². The van der Waals surface area contributed by atoms with Gasteiger partial charge in [0.15, 0.2) is 0 Å². The quantitative estimate of drug-likeness (QED) is 0.0246. The van der Waals surface area contributed by atoms with Crippen LogP contribution >= 0.6 is 0 Å². The second-order valence-corrected chi connectivity index (χ2v) is 32.1. The van der Waals surface area contributed by atoms with Gasteiger partial charge in [0.25, 0.3) is 0 Å². The number of carboxylic acids is 2. The molecule has 8 unspecified atom stereocenters. The van der Waals surface area contributed by atoms with E-state index in [1.54, 1.807) is 7.05 Å². The van der Waals surface area contributed by atoms with Crippen molar-refractivity contribution >= 4 is 23.8 Å². The second kappa shape index (κ2) is 76.4. The van der Waals surface area contributed by atoms with E-state index >= 15 is 0 Å². The van der Waals surface area contributed by atoms with Crippen molar-refractivity contribution in [2.75, 3.05) is 53.2 Å². The fourth-order valence-electron chi connectivity index (χ4n) is 15.8. The lowest BCUT2D eigenvalue weighted by atomic mass is 9.70. The van der Waals surface area contributed by atoms with Crippen molar-refractivity contribution in [2.45, 2.75) is 453 Å². The molecular weight excluding hydrogens is 1310 g/mol. The van der Waals surface area contributed by atoms with E-state index in [2.05, 4.69) is 45.3 Å². The van der Waals surface area contributed by atoms with E-state index in [9.17, 15) is 19.2 Å². The van der Waals surface area contributed by atoms with Crippen LogP contribution in [0.15, 0.2) is 22.3 Å². The third-order valence-corrected chi connectivity index (χ3v) is 21.8. The van der Waals surface area contributed by atoms with Crippen molar-refractivity contribution in [2.24, 2.45) is 35.1 Å². The number of nitrogens with two attached hydrogens (primary N) is 2. The normalized spacial score (nSPS) is 17.1. The number of allylic oxidation sites excluding steroid dienone is 4. The second-order valence-electron chi connectivity index (χ2n) is 32.1. The molecule has 0 aromatic carbocycles. The van der Waals surface area contributed by atoms with Gasteiger partial charge in [-0.1, -0.05) is 262 Å². The summed E-state index contributed by atoms with van der Waals surface area (Å²) in [7, 11) is 1.74.